The quantitative estimate of drug-likeness (QED) is 0.0452. The molecule has 6 aromatic rings. The van der Waals surface area contributed by atoms with Crippen LogP contribution in [0.5, 0.6) is 0 Å². The number of anilines is 3. The molecule has 0 amide bonds. The van der Waals surface area contributed by atoms with Crippen molar-refractivity contribution in [2.45, 2.75) is 47.7 Å². The number of nitro groups is 1. The van der Waals surface area contributed by atoms with Gasteiger partial charge in [-0.3, -0.25) is 29.4 Å². The number of carboxylic acid groups (broad SMARTS) is 1. The highest BCUT2D eigenvalue weighted by Crippen LogP contribution is 2.33. The van der Waals surface area contributed by atoms with Gasteiger partial charge in [0.1, 0.15) is 18.1 Å². The fraction of sp³-hybridized carbons (Fsp3) is 0.283. The molecule has 0 spiro atoms. The number of rotatable bonds is 17. The molecule has 2 fully saturated rings. The van der Waals surface area contributed by atoms with Gasteiger partial charge in [-0.2, -0.15) is 0 Å². The van der Waals surface area contributed by atoms with E-state index in [0.717, 1.165) is 66.9 Å². The molecule has 14 nitrogen and oxygen atoms in total. The number of nitrogens with zero attached hydrogens (tertiary/aromatic N) is 6. The van der Waals surface area contributed by atoms with Gasteiger partial charge in [-0.05, 0) is 97.1 Å². The smallest absolute Gasteiger partial charge is 0.320 e. The third-order valence-electron chi connectivity index (χ3n) is 11.6. The van der Waals surface area contributed by atoms with E-state index in [2.05, 4.69) is 48.0 Å². The minimum atomic E-state index is -4.34. The lowest BCUT2D eigenvalue weighted by Gasteiger charge is -2.36. The number of carboxylic acids is 1. The summed E-state index contributed by atoms with van der Waals surface area (Å²) in [6.45, 7) is 5.12. The average Bonchev–Trinajstić information content (AvgIpc) is 3.77. The van der Waals surface area contributed by atoms with Crippen LogP contribution >= 0.6 is 23.4 Å². The van der Waals surface area contributed by atoms with Crippen molar-refractivity contribution in [3.63, 3.8) is 0 Å². The number of thioether (sulfide) groups is 1. The summed E-state index contributed by atoms with van der Waals surface area (Å²) in [5, 5.41) is 26.6. The Balaban J connectivity index is 0.945. The molecule has 0 bridgehead atoms. The first-order valence-corrected chi connectivity index (χ1v) is 23.6. The fourth-order valence-corrected chi connectivity index (χ4v) is 10.5. The predicted molar refractivity (Wildman–Crippen MR) is 249 cm³/mol. The molecule has 17 heteroatoms. The first kappa shape index (κ1) is 43.9. The first-order valence-electron chi connectivity index (χ1n) is 20.8. The van der Waals surface area contributed by atoms with Gasteiger partial charge in [0.25, 0.3) is 15.7 Å². The maximum atomic E-state index is 13.9. The molecule has 2 aliphatic rings. The number of aliphatic carboxylic acids is 1. The lowest BCUT2D eigenvalue weighted by molar-refractivity contribution is -0.384. The molecule has 3 heterocycles. The van der Waals surface area contributed by atoms with E-state index in [1.807, 2.05) is 77.7 Å². The third-order valence-corrected chi connectivity index (χ3v) is 14.3. The number of nitro benzene ring substituents is 1. The van der Waals surface area contributed by atoms with Gasteiger partial charge >= 0.3 is 5.97 Å². The maximum Gasteiger partial charge on any atom is 0.320 e. The zero-order valence-corrected chi connectivity index (χ0v) is 36.7. The second-order valence-corrected chi connectivity index (χ2v) is 18.9. The van der Waals surface area contributed by atoms with Crippen LogP contribution in [0.25, 0.3) is 22.0 Å². The molecular weight excluding hydrogens is 860 g/mol. The van der Waals surface area contributed by atoms with Crippen molar-refractivity contribution in [3.8, 4) is 11.1 Å². The van der Waals surface area contributed by atoms with E-state index in [1.54, 1.807) is 17.8 Å². The summed E-state index contributed by atoms with van der Waals surface area (Å²) < 4.78 is 30.3. The summed E-state index contributed by atoms with van der Waals surface area (Å²) in [5.74, 6) is -0.269. The average molecular weight is 908 g/mol. The van der Waals surface area contributed by atoms with E-state index in [-0.39, 0.29) is 22.4 Å². The molecule has 0 unspecified atom stereocenters. The van der Waals surface area contributed by atoms with Crippen molar-refractivity contribution in [2.24, 2.45) is 0 Å². The van der Waals surface area contributed by atoms with E-state index in [0.29, 0.717) is 47.6 Å². The Kier molecular flexibility index (Phi) is 13.7. The summed E-state index contributed by atoms with van der Waals surface area (Å²) >= 11 is 8.01. The van der Waals surface area contributed by atoms with E-state index < -0.39 is 32.6 Å². The summed E-state index contributed by atoms with van der Waals surface area (Å²) in [6, 6.07) is 34.6. The van der Waals surface area contributed by atoms with Crippen LogP contribution in [0.2, 0.25) is 5.02 Å². The summed E-state index contributed by atoms with van der Waals surface area (Å²) in [4.78, 5) is 39.7. The largest absolute Gasteiger partial charge is 0.480 e. The number of benzene rings is 5. The predicted octanol–water partition coefficient (Wildman–Crippen LogP) is 8.49. The van der Waals surface area contributed by atoms with Crippen LogP contribution in [0, 0.1) is 10.1 Å². The molecule has 63 heavy (non-hydrogen) atoms. The normalized spacial score (nSPS) is 16.5. The van der Waals surface area contributed by atoms with Crippen LogP contribution < -0.4 is 14.9 Å². The fourth-order valence-electron chi connectivity index (χ4n) is 8.28. The van der Waals surface area contributed by atoms with E-state index in [9.17, 15) is 28.4 Å². The number of likely N-dealkylation sites (tertiary alicyclic amines) is 1. The number of nitrogens with one attached hydrogen (secondary N) is 2. The molecule has 2 atom stereocenters. The van der Waals surface area contributed by atoms with Gasteiger partial charge in [-0.15, -0.1) is 11.8 Å². The molecular formula is C46H47ClN8O6S2. The molecule has 3 N–H and O–H groups in total. The summed E-state index contributed by atoms with van der Waals surface area (Å²) in [7, 11) is -4.34. The Morgan fingerprint density at radius 1 is 0.921 bits per heavy atom. The van der Waals surface area contributed by atoms with Crippen molar-refractivity contribution in [1.82, 2.24) is 19.8 Å². The van der Waals surface area contributed by atoms with Crippen molar-refractivity contribution in [2.75, 3.05) is 60.0 Å². The van der Waals surface area contributed by atoms with Gasteiger partial charge in [-0.25, -0.2) is 18.4 Å². The zero-order chi connectivity index (χ0) is 43.9. The summed E-state index contributed by atoms with van der Waals surface area (Å²) in [5.41, 5.74) is 4.74. The van der Waals surface area contributed by atoms with Crippen LogP contribution in [0.3, 0.4) is 0 Å². The monoisotopic (exact) mass is 906 g/mol. The highest BCUT2D eigenvalue weighted by molar-refractivity contribution is 7.99. The lowest BCUT2D eigenvalue weighted by Crippen LogP contribution is -2.46. The van der Waals surface area contributed by atoms with Crippen LogP contribution in [0.1, 0.15) is 24.8 Å². The van der Waals surface area contributed by atoms with Gasteiger partial charge < -0.3 is 15.3 Å². The van der Waals surface area contributed by atoms with Gasteiger partial charge in [-0.1, -0.05) is 66.2 Å². The molecule has 1 aromatic heterocycles. The van der Waals surface area contributed by atoms with Crippen LogP contribution in [-0.4, -0.2) is 101 Å². The number of carbonyl (C=O) groups is 1. The minimum Gasteiger partial charge on any atom is -0.480 e. The van der Waals surface area contributed by atoms with Crippen LogP contribution in [-0.2, 0) is 21.4 Å². The van der Waals surface area contributed by atoms with Crippen molar-refractivity contribution in [1.29, 1.82) is 0 Å². The highest BCUT2D eigenvalue weighted by Gasteiger charge is 2.31. The Labute approximate surface area is 375 Å². The lowest BCUT2D eigenvalue weighted by atomic mass is 9.99. The molecule has 0 aliphatic carbocycles. The van der Waals surface area contributed by atoms with Gasteiger partial charge in [0.05, 0.1) is 15.3 Å². The van der Waals surface area contributed by atoms with Crippen molar-refractivity contribution in [3.05, 3.63) is 142 Å². The number of hydrogen-bond acceptors (Lipinski definition) is 12. The Morgan fingerprint density at radius 3 is 2.43 bits per heavy atom. The number of halogens is 1. The molecule has 5 aromatic carbocycles. The van der Waals surface area contributed by atoms with Gasteiger partial charge in [0.15, 0.2) is 5.82 Å². The van der Waals surface area contributed by atoms with Crippen molar-refractivity contribution < 1.29 is 23.2 Å². The Morgan fingerprint density at radius 2 is 1.68 bits per heavy atom. The second kappa shape index (κ2) is 19.7. The SMILES string of the molecule is O=C(O)[C@@H]1CCCN1CC[C@H](CSc1ccccc1)Nc1ccc(S(=O)(=O)Nc2ncnc3cc(N4CCN(Cc5cc(Cl)ccc5-c5ccccc5)CC4)ccc23)cc1[N+](=O)[O-]. The zero-order valence-electron chi connectivity index (χ0n) is 34.3. The van der Waals surface area contributed by atoms with Gasteiger partial charge in [0.2, 0.25) is 0 Å². The molecule has 2 aliphatic heterocycles. The first-order chi connectivity index (χ1) is 30.5. The number of piperazine rings is 1. The molecule has 8 rings (SSSR count). The molecule has 0 radical (unpaired) electrons. The highest BCUT2D eigenvalue weighted by atomic mass is 35.5. The minimum absolute atomic E-state index is 0.0524. The Bertz CT molecular complexity index is 2690. The number of sulfonamides is 1. The van der Waals surface area contributed by atoms with Crippen molar-refractivity contribution >= 4 is 73.1 Å². The molecule has 326 valence electrons. The number of fused-ring (bicyclic) bond motifs is 1. The van der Waals surface area contributed by atoms with Crippen LogP contribution in [0.15, 0.2) is 131 Å². The summed E-state index contributed by atoms with van der Waals surface area (Å²) in [6.07, 6.45) is 3.17. The molecule has 2 saturated heterocycles. The van der Waals surface area contributed by atoms with E-state index >= 15 is 0 Å². The van der Waals surface area contributed by atoms with Crippen LogP contribution in [0.4, 0.5) is 22.9 Å². The van der Waals surface area contributed by atoms with Gasteiger partial charge in [0, 0.05) is 78.1 Å². The van der Waals surface area contributed by atoms with E-state index in [1.165, 1.54) is 24.0 Å². The number of hydrogen-bond donors (Lipinski definition) is 3. The Hall–Kier alpha value is -5.78. The topological polar surface area (TPSA) is 174 Å². The number of aromatic nitrogens is 2. The standard InChI is InChI=1S/C46H47ClN8O6S2/c47-34-13-16-39(32-8-3-1-4-9-32)33(26-34)29-52-22-24-53(25-23-52)36-14-17-40-42(27-36)48-31-49-45(40)51-63(60,61)38-15-18-41(44(28-38)55(58)59)50-35(30-62-37-10-5-2-6-11-37)19-21-54-20-7-12-43(54)46(56)57/h1-6,8-11,13-18,26-28,31,35,43,50H,7,12,19-25,29-30H2,(H,56,57)(H,48,49,51)/t35-,43+/m1/s1. The van der Waals surface area contributed by atoms with E-state index in [4.69, 9.17) is 11.6 Å². The second-order valence-electron chi connectivity index (χ2n) is 15.7. The molecule has 0 saturated carbocycles. The third kappa shape index (κ3) is 10.7. The maximum absolute atomic E-state index is 13.9.